The van der Waals surface area contributed by atoms with Crippen LogP contribution in [0.3, 0.4) is 0 Å². The van der Waals surface area contributed by atoms with E-state index in [1.165, 1.54) is 0 Å². The Morgan fingerprint density at radius 1 is 1.32 bits per heavy atom. The number of hydrogen-bond acceptors (Lipinski definition) is 3. The molecule has 1 heterocycles. The van der Waals surface area contributed by atoms with E-state index in [0.717, 1.165) is 27.0 Å². The van der Waals surface area contributed by atoms with E-state index < -0.39 is 5.97 Å². The number of benzene rings is 1. The number of carboxylic acids is 1. The Morgan fingerprint density at radius 2 is 1.89 bits per heavy atom. The summed E-state index contributed by atoms with van der Waals surface area (Å²) >= 11 is 3.52. The van der Waals surface area contributed by atoms with Crippen molar-refractivity contribution in [3.8, 4) is 5.69 Å². The van der Waals surface area contributed by atoms with Gasteiger partial charge < -0.3 is 5.11 Å². The van der Waals surface area contributed by atoms with Gasteiger partial charge in [0, 0.05) is 4.47 Å². The zero-order chi connectivity index (χ0) is 14.2. The molecule has 0 saturated heterocycles. The van der Waals surface area contributed by atoms with Gasteiger partial charge in [-0.3, -0.25) is 4.79 Å². The second-order valence-corrected chi connectivity index (χ2v) is 5.29. The van der Waals surface area contributed by atoms with E-state index in [-0.39, 0.29) is 6.42 Å². The smallest absolute Gasteiger partial charge is 0.309 e. The first-order valence-electron chi connectivity index (χ1n) is 5.80. The Bertz CT molecular complexity index is 626. The van der Waals surface area contributed by atoms with Gasteiger partial charge >= 0.3 is 5.97 Å². The highest BCUT2D eigenvalue weighted by atomic mass is 79.9. The monoisotopic (exact) mass is 323 g/mol. The van der Waals surface area contributed by atoms with Crippen molar-refractivity contribution in [3.05, 3.63) is 39.1 Å². The van der Waals surface area contributed by atoms with Crippen molar-refractivity contribution in [1.82, 2.24) is 15.0 Å². The summed E-state index contributed by atoms with van der Waals surface area (Å²) in [7, 11) is 0. The van der Waals surface area contributed by atoms with Crippen LogP contribution in [0.1, 0.15) is 22.5 Å². The van der Waals surface area contributed by atoms with Crippen molar-refractivity contribution in [2.75, 3.05) is 0 Å². The van der Waals surface area contributed by atoms with Crippen LogP contribution in [0.2, 0.25) is 0 Å². The molecule has 6 heteroatoms. The molecule has 0 aliphatic rings. The summed E-state index contributed by atoms with van der Waals surface area (Å²) in [5, 5.41) is 16.8. The first-order valence-corrected chi connectivity index (χ1v) is 6.59. The van der Waals surface area contributed by atoms with E-state index in [0.29, 0.717) is 5.69 Å². The van der Waals surface area contributed by atoms with E-state index in [1.54, 1.807) is 4.68 Å². The minimum atomic E-state index is -0.904. The molecule has 19 heavy (non-hydrogen) atoms. The number of hydrogen-bond donors (Lipinski definition) is 1. The highest BCUT2D eigenvalue weighted by molar-refractivity contribution is 9.10. The highest BCUT2D eigenvalue weighted by Crippen LogP contribution is 2.25. The van der Waals surface area contributed by atoms with E-state index in [1.807, 2.05) is 32.9 Å². The topological polar surface area (TPSA) is 68.0 Å². The molecule has 1 N–H and O–H groups in total. The lowest BCUT2D eigenvalue weighted by Gasteiger charge is -2.09. The summed E-state index contributed by atoms with van der Waals surface area (Å²) in [5.41, 5.74) is 4.34. The van der Waals surface area contributed by atoms with E-state index in [2.05, 4.69) is 26.2 Å². The first-order chi connectivity index (χ1) is 8.90. The molecule has 1 aromatic carbocycles. The number of carboxylic acid groups (broad SMARTS) is 1. The lowest BCUT2D eigenvalue weighted by molar-refractivity contribution is -0.136. The minimum Gasteiger partial charge on any atom is -0.481 e. The molecule has 0 fully saturated rings. The third-order valence-corrected chi connectivity index (χ3v) is 4.23. The Hall–Kier alpha value is -1.69. The lowest BCUT2D eigenvalue weighted by atomic mass is 10.1. The second-order valence-electron chi connectivity index (χ2n) is 4.50. The van der Waals surface area contributed by atoms with Gasteiger partial charge in [0.15, 0.2) is 0 Å². The maximum absolute atomic E-state index is 10.7. The fraction of sp³-hybridized carbons (Fsp3) is 0.308. The molecule has 0 amide bonds. The van der Waals surface area contributed by atoms with Gasteiger partial charge in [-0.25, -0.2) is 4.68 Å². The molecule has 0 bridgehead atoms. The van der Waals surface area contributed by atoms with Gasteiger partial charge in [0.2, 0.25) is 0 Å². The third-order valence-electron chi connectivity index (χ3n) is 2.97. The van der Waals surface area contributed by atoms with Crippen LogP contribution in [0, 0.1) is 20.8 Å². The molecule has 0 aliphatic carbocycles. The molecule has 0 spiro atoms. The molecular formula is C13H14BrN3O2. The predicted molar refractivity (Wildman–Crippen MR) is 74.6 cm³/mol. The van der Waals surface area contributed by atoms with Gasteiger partial charge in [0.05, 0.1) is 23.5 Å². The van der Waals surface area contributed by atoms with Crippen LogP contribution in [-0.2, 0) is 11.2 Å². The van der Waals surface area contributed by atoms with Crippen molar-refractivity contribution in [3.63, 3.8) is 0 Å². The molecule has 0 saturated carbocycles. The van der Waals surface area contributed by atoms with Crippen molar-refractivity contribution >= 4 is 21.9 Å². The summed E-state index contributed by atoms with van der Waals surface area (Å²) in [6, 6.07) is 3.98. The fourth-order valence-corrected chi connectivity index (χ4v) is 2.19. The molecule has 0 radical (unpaired) electrons. The summed E-state index contributed by atoms with van der Waals surface area (Å²) < 4.78 is 2.74. The van der Waals surface area contributed by atoms with E-state index in [9.17, 15) is 4.79 Å². The summed E-state index contributed by atoms with van der Waals surface area (Å²) in [6.07, 6.45) is -0.111. The summed E-state index contributed by atoms with van der Waals surface area (Å²) in [5.74, 6) is -0.904. The Morgan fingerprint density at radius 3 is 2.42 bits per heavy atom. The molecule has 2 aromatic rings. The standard InChI is InChI=1S/C13H14BrN3O2/c1-7-4-10(5-8(2)13(7)14)17-9(3)11(15-16-17)6-12(18)19/h4-5H,6H2,1-3H3,(H,18,19). The van der Waals surface area contributed by atoms with Gasteiger partial charge in [-0.05, 0) is 44.0 Å². The number of nitrogens with zero attached hydrogens (tertiary/aromatic N) is 3. The van der Waals surface area contributed by atoms with Gasteiger partial charge in [-0.1, -0.05) is 21.1 Å². The van der Waals surface area contributed by atoms with Crippen molar-refractivity contribution < 1.29 is 9.90 Å². The molecule has 0 atom stereocenters. The van der Waals surface area contributed by atoms with Gasteiger partial charge in [-0.15, -0.1) is 5.10 Å². The van der Waals surface area contributed by atoms with Crippen molar-refractivity contribution in [2.45, 2.75) is 27.2 Å². The van der Waals surface area contributed by atoms with Crippen LogP contribution in [-0.4, -0.2) is 26.1 Å². The van der Waals surface area contributed by atoms with Gasteiger partial charge in [-0.2, -0.15) is 0 Å². The van der Waals surface area contributed by atoms with Gasteiger partial charge in [0.25, 0.3) is 0 Å². The van der Waals surface area contributed by atoms with E-state index >= 15 is 0 Å². The highest BCUT2D eigenvalue weighted by Gasteiger charge is 2.14. The zero-order valence-electron chi connectivity index (χ0n) is 10.9. The van der Waals surface area contributed by atoms with Crippen LogP contribution >= 0.6 is 15.9 Å². The van der Waals surface area contributed by atoms with Crippen LogP contribution in [0.15, 0.2) is 16.6 Å². The molecule has 2 rings (SSSR count). The maximum Gasteiger partial charge on any atom is 0.309 e. The lowest BCUT2D eigenvalue weighted by Crippen LogP contribution is -2.04. The third kappa shape index (κ3) is 2.68. The van der Waals surface area contributed by atoms with Gasteiger partial charge in [0.1, 0.15) is 0 Å². The molecule has 1 aromatic heterocycles. The molecule has 0 unspecified atom stereocenters. The first kappa shape index (κ1) is 13.7. The number of carbonyl (C=O) groups is 1. The van der Waals surface area contributed by atoms with Crippen LogP contribution < -0.4 is 0 Å². The summed E-state index contributed by atoms with van der Waals surface area (Å²) in [4.78, 5) is 10.7. The molecule has 5 nitrogen and oxygen atoms in total. The largest absolute Gasteiger partial charge is 0.481 e. The Labute approximate surface area is 119 Å². The molecule has 100 valence electrons. The Kier molecular flexibility index (Phi) is 3.71. The van der Waals surface area contributed by atoms with Crippen LogP contribution in [0.5, 0.6) is 0 Å². The number of rotatable bonds is 3. The number of halogens is 1. The maximum atomic E-state index is 10.7. The average Bonchev–Trinajstić information content (AvgIpc) is 2.67. The second kappa shape index (κ2) is 5.13. The van der Waals surface area contributed by atoms with Crippen molar-refractivity contribution in [2.24, 2.45) is 0 Å². The number of aryl methyl sites for hydroxylation is 2. The Balaban J connectivity index is 2.48. The number of aliphatic carboxylic acids is 1. The number of aromatic nitrogens is 3. The SMILES string of the molecule is Cc1cc(-n2nnc(CC(=O)O)c2C)cc(C)c1Br. The molecular weight excluding hydrogens is 310 g/mol. The quantitative estimate of drug-likeness (QED) is 0.942. The molecule has 0 aliphatic heterocycles. The normalized spacial score (nSPS) is 10.7. The minimum absolute atomic E-state index is 0.111. The predicted octanol–water partition coefficient (Wildman–Crippen LogP) is 2.58. The summed E-state index contributed by atoms with van der Waals surface area (Å²) in [6.45, 7) is 5.83. The fourth-order valence-electron chi connectivity index (χ4n) is 1.96. The van der Waals surface area contributed by atoms with E-state index in [4.69, 9.17) is 5.11 Å². The average molecular weight is 324 g/mol. The van der Waals surface area contributed by atoms with Crippen LogP contribution in [0.4, 0.5) is 0 Å². The zero-order valence-corrected chi connectivity index (χ0v) is 12.5. The van der Waals surface area contributed by atoms with Crippen molar-refractivity contribution in [1.29, 1.82) is 0 Å². The van der Waals surface area contributed by atoms with Crippen LogP contribution in [0.25, 0.3) is 5.69 Å².